The zero-order chi connectivity index (χ0) is 9.00. The van der Waals surface area contributed by atoms with Crippen LogP contribution >= 0.6 is 43.5 Å². The summed E-state index contributed by atoms with van der Waals surface area (Å²) in [5.41, 5.74) is 0. The minimum atomic E-state index is -4.64. The minimum absolute atomic E-state index is 3.29. The first-order valence-corrected chi connectivity index (χ1v) is 17.6. The zero-order valence-electron chi connectivity index (χ0n) is 4.21. The van der Waals surface area contributed by atoms with E-state index in [0.717, 1.165) is 0 Å². The molecule has 10 heavy (non-hydrogen) atoms. The van der Waals surface area contributed by atoms with Gasteiger partial charge in [0.15, 0.2) is 0 Å². The second kappa shape index (κ2) is 5.67. The third kappa shape index (κ3) is 193. The van der Waals surface area contributed by atoms with Crippen molar-refractivity contribution in [3.63, 3.8) is 0 Å². The Morgan fingerprint density at radius 1 is 1.00 bits per heavy atom. The molecule has 0 rings (SSSR count). The molecule has 0 heterocycles. The van der Waals surface area contributed by atoms with Crippen molar-refractivity contribution in [3.05, 3.63) is 0 Å². The Balaban J connectivity index is 0. The zero-order valence-corrected chi connectivity index (χ0v) is 11.0. The number of rotatable bonds is 0. The van der Waals surface area contributed by atoms with Crippen LogP contribution in [0.4, 0.5) is 0 Å². The Labute approximate surface area is 76.0 Å². The summed E-state index contributed by atoms with van der Waals surface area (Å²) in [7, 11) is 15.5. The summed E-state index contributed by atoms with van der Waals surface area (Å²) < 4.78 is 8.88. The predicted octanol–water partition coefficient (Wildman–Crippen LogP) is 1.45. The monoisotopic (exact) mass is 358 g/mol. The van der Waals surface area contributed by atoms with Gasteiger partial charge < -0.3 is 14.7 Å². The van der Waals surface area contributed by atoms with Gasteiger partial charge >= 0.3 is 57.4 Å². The van der Waals surface area contributed by atoms with Gasteiger partial charge in [-0.15, -0.1) is 0 Å². The van der Waals surface area contributed by atoms with E-state index in [2.05, 4.69) is 0 Å². The van der Waals surface area contributed by atoms with Gasteiger partial charge in [-0.3, -0.25) is 0 Å². The summed E-state index contributed by atoms with van der Waals surface area (Å²) in [6, 6.07) is 0. The molecule has 0 atom stereocenters. The van der Waals surface area contributed by atoms with Gasteiger partial charge in [0.05, 0.1) is 0 Å². The van der Waals surface area contributed by atoms with Crippen LogP contribution in [0.2, 0.25) is 0 Å². The third-order valence-corrected chi connectivity index (χ3v) is 0. The van der Waals surface area contributed by atoms with E-state index in [-0.39, 0.29) is 0 Å². The van der Waals surface area contributed by atoms with Crippen LogP contribution in [0.1, 0.15) is 0 Å². The van der Waals surface area contributed by atoms with Crippen molar-refractivity contribution in [2.24, 2.45) is 0 Å². The molecular weight excluding hydrogens is 355 g/mol. The van der Waals surface area contributed by atoms with Gasteiger partial charge in [-0.1, -0.05) is 0 Å². The van der Waals surface area contributed by atoms with Crippen molar-refractivity contribution < 1.29 is 19.2 Å². The molecule has 4 nitrogen and oxygen atoms in total. The standard InChI is InChI=1S/4ClH.H3O4P.Sn/c;;;;1-5(2,3)4;/h4*1H;(H3,1,2,3,4);/q;;;;;+4/p-4. The second-order valence-corrected chi connectivity index (χ2v) is 27.4. The molecule has 0 spiro atoms. The van der Waals surface area contributed by atoms with Gasteiger partial charge in [-0.05, 0) is 0 Å². The molecule has 0 fully saturated rings. The molecule has 0 unspecified atom stereocenters. The molecule has 0 saturated carbocycles. The maximum absolute atomic E-state index is 8.88. The predicted molar refractivity (Wildman–Crippen MR) is 43.4 cm³/mol. The van der Waals surface area contributed by atoms with E-state index in [1.165, 1.54) is 0 Å². The van der Waals surface area contributed by atoms with Crippen LogP contribution in [0.5, 0.6) is 0 Å². The van der Waals surface area contributed by atoms with E-state index < -0.39 is 21.7 Å². The molecule has 0 aromatic heterocycles. The Hall–Kier alpha value is 2.07. The summed E-state index contributed by atoms with van der Waals surface area (Å²) in [5.74, 6) is 0. The second-order valence-electron chi connectivity index (χ2n) is 0.942. The molecule has 0 saturated heterocycles. The SMILES string of the molecule is O=P(O)(O)O.[Cl][Sn]([Cl])([Cl])[Cl]. The molecule has 0 aromatic carbocycles. The van der Waals surface area contributed by atoms with E-state index in [1.54, 1.807) is 0 Å². The van der Waals surface area contributed by atoms with E-state index >= 15 is 0 Å². The molecular formula is H3Cl4O4PSn. The molecule has 0 aliphatic rings. The summed E-state index contributed by atoms with van der Waals surface area (Å²) in [5, 5.41) is 0. The fourth-order valence-electron chi connectivity index (χ4n) is 0. The first kappa shape index (κ1) is 14.6. The number of hydrogen-bond acceptors (Lipinski definition) is 1. The van der Waals surface area contributed by atoms with Crippen LogP contribution in [0.25, 0.3) is 0 Å². The fraction of sp³-hybridized carbons (Fsp3) is 0. The molecule has 0 amide bonds. The van der Waals surface area contributed by atoms with Crippen molar-refractivity contribution in [2.45, 2.75) is 0 Å². The average molecular weight is 359 g/mol. The summed E-state index contributed by atoms with van der Waals surface area (Å²) in [4.78, 5) is 21.6. The van der Waals surface area contributed by atoms with Crippen LogP contribution in [0.3, 0.4) is 0 Å². The van der Waals surface area contributed by atoms with Crippen molar-refractivity contribution >= 4 is 57.4 Å². The molecule has 10 heteroatoms. The first-order chi connectivity index (χ1) is 4.00. The fourth-order valence-corrected chi connectivity index (χ4v) is 0. The summed E-state index contributed by atoms with van der Waals surface area (Å²) in [6.45, 7) is 0. The summed E-state index contributed by atoms with van der Waals surface area (Å²) >= 11 is -3.29. The maximum atomic E-state index is 8.88. The normalized spacial score (nSPS) is 11.9. The van der Waals surface area contributed by atoms with Gasteiger partial charge in [-0.2, -0.15) is 0 Å². The van der Waals surface area contributed by atoms with Crippen molar-refractivity contribution in [2.75, 3.05) is 0 Å². The quantitative estimate of drug-likeness (QED) is 0.452. The van der Waals surface area contributed by atoms with Gasteiger partial charge in [0.2, 0.25) is 0 Å². The molecule has 3 N–H and O–H groups in total. The van der Waals surface area contributed by atoms with Crippen molar-refractivity contribution in [1.29, 1.82) is 0 Å². The first-order valence-electron chi connectivity index (χ1n) is 1.54. The van der Waals surface area contributed by atoms with E-state index in [0.29, 0.717) is 0 Å². The summed E-state index contributed by atoms with van der Waals surface area (Å²) in [6.07, 6.45) is 0. The topological polar surface area (TPSA) is 77.8 Å². The third-order valence-electron chi connectivity index (χ3n) is 0. The van der Waals surface area contributed by atoms with Crippen LogP contribution in [-0.4, -0.2) is 28.6 Å². The molecule has 0 aromatic rings. The molecule has 0 bridgehead atoms. The molecule has 0 aliphatic carbocycles. The van der Waals surface area contributed by atoms with Crippen LogP contribution < -0.4 is 0 Å². The Morgan fingerprint density at radius 3 is 1.00 bits per heavy atom. The van der Waals surface area contributed by atoms with Crippen molar-refractivity contribution in [3.8, 4) is 0 Å². The average Bonchev–Trinajstić information content (AvgIpc) is 1.12. The van der Waals surface area contributed by atoms with Crippen molar-refractivity contribution in [1.82, 2.24) is 0 Å². The van der Waals surface area contributed by atoms with Gasteiger partial charge in [0.1, 0.15) is 0 Å². The van der Waals surface area contributed by atoms with E-state index in [4.69, 9.17) is 54.9 Å². The Morgan fingerprint density at radius 2 is 1.00 bits per heavy atom. The van der Waals surface area contributed by atoms with Gasteiger partial charge in [-0.25, -0.2) is 4.57 Å². The molecule has 64 valence electrons. The Bertz CT molecular complexity index is 109. The van der Waals surface area contributed by atoms with Crippen LogP contribution in [0, 0.1) is 0 Å². The number of hydrogen-bond donors (Lipinski definition) is 3. The molecule has 0 radical (unpaired) electrons. The van der Waals surface area contributed by atoms with Crippen LogP contribution in [0.15, 0.2) is 0 Å². The van der Waals surface area contributed by atoms with Crippen LogP contribution in [-0.2, 0) is 4.57 Å². The van der Waals surface area contributed by atoms with Gasteiger partial charge in [0.25, 0.3) is 0 Å². The number of phosphoric acid groups is 1. The van der Waals surface area contributed by atoms with E-state index in [9.17, 15) is 0 Å². The van der Waals surface area contributed by atoms with Gasteiger partial charge in [0, 0.05) is 0 Å². The molecule has 0 aliphatic heterocycles. The Kier molecular flexibility index (Phi) is 8.27. The van der Waals surface area contributed by atoms with E-state index in [1.807, 2.05) is 0 Å². The number of halogens is 4.